The summed E-state index contributed by atoms with van der Waals surface area (Å²) in [6, 6.07) is 4.22. The molecule has 1 saturated heterocycles. The van der Waals surface area contributed by atoms with E-state index in [4.69, 9.17) is 16.3 Å². The van der Waals surface area contributed by atoms with Crippen molar-refractivity contribution in [1.82, 2.24) is 10.2 Å². The monoisotopic (exact) mass is 300 g/mol. The molecule has 1 unspecified atom stereocenters. The van der Waals surface area contributed by atoms with Gasteiger partial charge in [0.15, 0.2) is 0 Å². The first-order valence-electron chi connectivity index (χ1n) is 6.67. The number of ether oxygens (including phenoxy) is 1. The average molecular weight is 301 g/mol. The van der Waals surface area contributed by atoms with Crippen LogP contribution in [0, 0.1) is 5.82 Å². The molecule has 0 spiro atoms. The second-order valence-corrected chi connectivity index (χ2v) is 5.11. The summed E-state index contributed by atoms with van der Waals surface area (Å²) in [6.07, 6.45) is 0. The van der Waals surface area contributed by atoms with Crippen LogP contribution in [0.25, 0.3) is 0 Å². The Hall–Kier alpha value is -1.17. The summed E-state index contributed by atoms with van der Waals surface area (Å²) >= 11 is 5.74. The first kappa shape index (κ1) is 15.2. The van der Waals surface area contributed by atoms with Crippen LogP contribution in [0.15, 0.2) is 18.2 Å². The van der Waals surface area contributed by atoms with Gasteiger partial charge in [0.25, 0.3) is 0 Å². The fourth-order valence-electron chi connectivity index (χ4n) is 2.28. The standard InChI is InChI=1S/C14H18ClFN2O2/c1-2-20-14(19)13-8-17-5-6-18(13)9-10-3-4-11(15)7-12(10)16/h3-4,7,13,17H,2,5-6,8-9H2,1H3. The SMILES string of the molecule is CCOC(=O)C1CNCCN1Cc1ccc(Cl)cc1F. The topological polar surface area (TPSA) is 41.6 Å². The fourth-order valence-corrected chi connectivity index (χ4v) is 2.43. The zero-order chi connectivity index (χ0) is 14.5. The molecule has 0 amide bonds. The Morgan fingerprint density at radius 3 is 3.10 bits per heavy atom. The lowest BCUT2D eigenvalue weighted by molar-refractivity contribution is -0.150. The number of benzene rings is 1. The predicted octanol–water partition coefficient (Wildman–Crippen LogP) is 1.82. The van der Waals surface area contributed by atoms with E-state index in [-0.39, 0.29) is 17.8 Å². The molecule has 0 bridgehead atoms. The van der Waals surface area contributed by atoms with Gasteiger partial charge in [0.2, 0.25) is 0 Å². The van der Waals surface area contributed by atoms with Crippen LogP contribution in [-0.4, -0.2) is 43.2 Å². The molecule has 20 heavy (non-hydrogen) atoms. The molecule has 4 nitrogen and oxygen atoms in total. The van der Waals surface area contributed by atoms with Gasteiger partial charge in [-0.3, -0.25) is 9.69 Å². The zero-order valence-electron chi connectivity index (χ0n) is 11.4. The van der Waals surface area contributed by atoms with Crippen molar-refractivity contribution in [3.05, 3.63) is 34.6 Å². The van der Waals surface area contributed by atoms with E-state index in [2.05, 4.69) is 5.32 Å². The van der Waals surface area contributed by atoms with Crippen molar-refractivity contribution in [2.75, 3.05) is 26.2 Å². The van der Waals surface area contributed by atoms with E-state index in [1.54, 1.807) is 19.1 Å². The summed E-state index contributed by atoms with van der Waals surface area (Å²) in [5, 5.41) is 3.53. The number of hydrogen-bond acceptors (Lipinski definition) is 4. The Balaban J connectivity index is 2.10. The number of carbonyl (C=O) groups is 1. The molecule has 1 aromatic carbocycles. The van der Waals surface area contributed by atoms with Crippen molar-refractivity contribution in [1.29, 1.82) is 0 Å². The lowest BCUT2D eigenvalue weighted by atomic mass is 10.1. The smallest absolute Gasteiger partial charge is 0.324 e. The maximum atomic E-state index is 13.8. The normalized spacial score (nSPS) is 19.9. The number of rotatable bonds is 4. The summed E-state index contributed by atoms with van der Waals surface area (Å²) in [5.41, 5.74) is 0.533. The second kappa shape index (κ2) is 7.02. The maximum absolute atomic E-state index is 13.8. The molecule has 6 heteroatoms. The summed E-state index contributed by atoms with van der Waals surface area (Å²) < 4.78 is 18.9. The molecule has 0 aliphatic carbocycles. The number of nitrogens with zero attached hydrogens (tertiary/aromatic N) is 1. The van der Waals surface area contributed by atoms with E-state index in [9.17, 15) is 9.18 Å². The van der Waals surface area contributed by atoms with E-state index in [0.29, 0.717) is 36.8 Å². The Morgan fingerprint density at radius 2 is 2.40 bits per heavy atom. The van der Waals surface area contributed by atoms with Gasteiger partial charge in [0.05, 0.1) is 6.61 Å². The van der Waals surface area contributed by atoms with Crippen molar-refractivity contribution < 1.29 is 13.9 Å². The molecule has 0 aromatic heterocycles. The van der Waals surface area contributed by atoms with E-state index in [1.165, 1.54) is 6.07 Å². The fraction of sp³-hybridized carbons (Fsp3) is 0.500. The molecule has 2 rings (SSSR count). The zero-order valence-corrected chi connectivity index (χ0v) is 12.1. The Labute approximate surface area is 122 Å². The molecular formula is C14H18ClFN2O2. The van der Waals surface area contributed by atoms with Gasteiger partial charge < -0.3 is 10.1 Å². The first-order valence-corrected chi connectivity index (χ1v) is 7.05. The summed E-state index contributed by atoms with van der Waals surface area (Å²) in [4.78, 5) is 13.9. The highest BCUT2D eigenvalue weighted by Crippen LogP contribution is 2.18. The van der Waals surface area contributed by atoms with Gasteiger partial charge in [-0.25, -0.2) is 4.39 Å². The summed E-state index contributed by atoms with van der Waals surface area (Å²) in [5.74, 6) is -0.618. The van der Waals surface area contributed by atoms with Crippen molar-refractivity contribution in [2.24, 2.45) is 0 Å². The summed E-state index contributed by atoms with van der Waals surface area (Å²) in [6.45, 7) is 4.45. The highest BCUT2D eigenvalue weighted by Gasteiger charge is 2.30. The highest BCUT2D eigenvalue weighted by atomic mass is 35.5. The van der Waals surface area contributed by atoms with Crippen LogP contribution in [0.1, 0.15) is 12.5 Å². The van der Waals surface area contributed by atoms with Crippen LogP contribution in [0.5, 0.6) is 0 Å². The number of halogens is 2. The van der Waals surface area contributed by atoms with Crippen molar-refractivity contribution in [3.8, 4) is 0 Å². The lowest BCUT2D eigenvalue weighted by Gasteiger charge is -2.34. The molecular weight excluding hydrogens is 283 g/mol. The van der Waals surface area contributed by atoms with Crippen LogP contribution >= 0.6 is 11.6 Å². The largest absolute Gasteiger partial charge is 0.465 e. The summed E-state index contributed by atoms with van der Waals surface area (Å²) in [7, 11) is 0. The van der Waals surface area contributed by atoms with Crippen molar-refractivity contribution in [3.63, 3.8) is 0 Å². The molecule has 1 heterocycles. The van der Waals surface area contributed by atoms with Gasteiger partial charge in [0, 0.05) is 36.8 Å². The lowest BCUT2D eigenvalue weighted by Crippen LogP contribution is -2.54. The van der Waals surface area contributed by atoms with Gasteiger partial charge in [-0.05, 0) is 19.1 Å². The van der Waals surface area contributed by atoms with E-state index in [0.717, 1.165) is 6.54 Å². The quantitative estimate of drug-likeness (QED) is 0.861. The molecule has 0 saturated carbocycles. The third kappa shape index (κ3) is 3.69. The molecule has 0 radical (unpaired) electrons. The van der Waals surface area contributed by atoms with Crippen molar-refractivity contribution >= 4 is 17.6 Å². The Kier molecular flexibility index (Phi) is 5.34. The van der Waals surface area contributed by atoms with Crippen LogP contribution < -0.4 is 5.32 Å². The minimum atomic E-state index is -0.376. The van der Waals surface area contributed by atoms with Crippen molar-refractivity contribution in [2.45, 2.75) is 19.5 Å². The predicted molar refractivity (Wildman–Crippen MR) is 75.1 cm³/mol. The third-order valence-electron chi connectivity index (χ3n) is 3.30. The van der Waals surface area contributed by atoms with Crippen LogP contribution in [0.4, 0.5) is 4.39 Å². The number of hydrogen-bond donors (Lipinski definition) is 1. The molecule has 1 aromatic rings. The average Bonchev–Trinajstić information content (AvgIpc) is 2.43. The van der Waals surface area contributed by atoms with Crippen LogP contribution in [-0.2, 0) is 16.1 Å². The number of carbonyl (C=O) groups excluding carboxylic acids is 1. The minimum Gasteiger partial charge on any atom is -0.465 e. The Bertz CT molecular complexity index is 484. The van der Waals surface area contributed by atoms with Gasteiger partial charge >= 0.3 is 5.97 Å². The van der Waals surface area contributed by atoms with Gasteiger partial charge in [-0.1, -0.05) is 17.7 Å². The van der Waals surface area contributed by atoms with Gasteiger partial charge in [-0.2, -0.15) is 0 Å². The molecule has 1 fully saturated rings. The number of piperazine rings is 1. The molecule has 1 atom stereocenters. The number of esters is 1. The highest BCUT2D eigenvalue weighted by molar-refractivity contribution is 6.30. The molecule has 1 aliphatic rings. The Morgan fingerprint density at radius 1 is 1.60 bits per heavy atom. The third-order valence-corrected chi connectivity index (χ3v) is 3.54. The minimum absolute atomic E-state index is 0.269. The number of nitrogens with one attached hydrogen (secondary N) is 1. The molecule has 1 N–H and O–H groups in total. The second-order valence-electron chi connectivity index (χ2n) is 4.68. The van der Waals surface area contributed by atoms with Crippen LogP contribution in [0.3, 0.4) is 0 Å². The molecule has 1 aliphatic heterocycles. The van der Waals surface area contributed by atoms with Gasteiger partial charge in [0.1, 0.15) is 11.9 Å². The molecule has 110 valence electrons. The first-order chi connectivity index (χ1) is 9.61. The van der Waals surface area contributed by atoms with Crippen LogP contribution in [0.2, 0.25) is 5.02 Å². The van der Waals surface area contributed by atoms with E-state index < -0.39 is 0 Å². The van der Waals surface area contributed by atoms with E-state index in [1.807, 2.05) is 4.90 Å². The maximum Gasteiger partial charge on any atom is 0.324 e. The van der Waals surface area contributed by atoms with E-state index >= 15 is 0 Å². The van der Waals surface area contributed by atoms with Gasteiger partial charge in [-0.15, -0.1) is 0 Å².